The Balaban J connectivity index is 1.99. The fraction of sp³-hybridized carbons (Fsp3) is 0.208. The third kappa shape index (κ3) is 4.71. The van der Waals surface area contributed by atoms with Crippen molar-refractivity contribution in [2.24, 2.45) is 0 Å². The highest BCUT2D eigenvalue weighted by atomic mass is 32.2. The van der Waals surface area contributed by atoms with E-state index in [2.05, 4.69) is 5.32 Å². The van der Waals surface area contributed by atoms with Gasteiger partial charge in [0.25, 0.3) is 10.0 Å². The number of nitrogens with one attached hydrogen (secondary N) is 1. The van der Waals surface area contributed by atoms with Crippen LogP contribution < -0.4 is 9.62 Å². The predicted molar refractivity (Wildman–Crippen MR) is 121 cm³/mol. The molecule has 5 nitrogen and oxygen atoms in total. The first kappa shape index (κ1) is 21.6. The first-order valence-electron chi connectivity index (χ1n) is 9.70. The van der Waals surface area contributed by atoms with Gasteiger partial charge in [-0.05, 0) is 80.3 Å². The normalized spacial score (nSPS) is 11.2. The van der Waals surface area contributed by atoms with Gasteiger partial charge in [-0.1, -0.05) is 36.4 Å². The lowest BCUT2D eigenvalue weighted by atomic mass is 10.1. The number of benzene rings is 3. The number of nitrogens with zero attached hydrogens (tertiary/aromatic N) is 1. The maximum atomic E-state index is 13.4. The molecule has 156 valence electrons. The van der Waals surface area contributed by atoms with Crippen molar-refractivity contribution < 1.29 is 13.2 Å². The molecule has 30 heavy (non-hydrogen) atoms. The molecule has 3 aromatic rings. The van der Waals surface area contributed by atoms with Crippen molar-refractivity contribution in [1.29, 1.82) is 0 Å². The van der Waals surface area contributed by atoms with Gasteiger partial charge in [-0.2, -0.15) is 0 Å². The van der Waals surface area contributed by atoms with Crippen molar-refractivity contribution in [1.82, 2.24) is 0 Å². The van der Waals surface area contributed by atoms with Crippen molar-refractivity contribution >= 4 is 27.3 Å². The standard InChI is InChI=1S/C24H26N2O3S/c1-17-13-18(2)15-21(14-17)26(30(28,29)22-10-6-5-7-11-22)16-24(27)25-23-12-8-9-19(3)20(23)4/h5-15H,16H2,1-4H3,(H,25,27). The van der Waals surface area contributed by atoms with Gasteiger partial charge in [0, 0.05) is 5.69 Å². The van der Waals surface area contributed by atoms with Crippen LogP contribution in [0, 0.1) is 27.7 Å². The van der Waals surface area contributed by atoms with Crippen LogP contribution in [0.15, 0.2) is 71.6 Å². The number of amides is 1. The molecule has 0 saturated carbocycles. The third-order valence-electron chi connectivity index (χ3n) is 4.99. The van der Waals surface area contributed by atoms with Crippen LogP contribution in [-0.2, 0) is 14.8 Å². The van der Waals surface area contributed by atoms with Gasteiger partial charge in [-0.25, -0.2) is 8.42 Å². The molecule has 0 aliphatic heterocycles. The number of rotatable bonds is 6. The zero-order valence-corrected chi connectivity index (χ0v) is 18.5. The molecule has 0 bridgehead atoms. The van der Waals surface area contributed by atoms with E-state index in [9.17, 15) is 13.2 Å². The van der Waals surface area contributed by atoms with Crippen molar-refractivity contribution in [3.05, 3.63) is 89.0 Å². The van der Waals surface area contributed by atoms with Crippen LogP contribution in [0.2, 0.25) is 0 Å². The quantitative estimate of drug-likeness (QED) is 0.623. The average molecular weight is 423 g/mol. The number of hydrogen-bond acceptors (Lipinski definition) is 3. The molecule has 0 aliphatic rings. The second kappa shape index (κ2) is 8.71. The second-order valence-electron chi connectivity index (χ2n) is 7.47. The van der Waals surface area contributed by atoms with Gasteiger partial charge >= 0.3 is 0 Å². The van der Waals surface area contributed by atoms with Gasteiger partial charge in [0.2, 0.25) is 5.91 Å². The molecule has 0 heterocycles. The first-order chi connectivity index (χ1) is 14.2. The average Bonchev–Trinajstić information content (AvgIpc) is 2.69. The fourth-order valence-electron chi connectivity index (χ4n) is 3.34. The molecule has 6 heteroatoms. The van der Waals surface area contributed by atoms with E-state index in [1.54, 1.807) is 30.3 Å². The Morgan fingerprint density at radius 2 is 1.50 bits per heavy atom. The van der Waals surface area contributed by atoms with E-state index in [1.165, 1.54) is 16.4 Å². The predicted octanol–water partition coefficient (Wildman–Crippen LogP) is 4.75. The Labute approximate surface area is 178 Å². The molecule has 0 fully saturated rings. The largest absolute Gasteiger partial charge is 0.324 e. The number of carbonyl (C=O) groups excluding carboxylic acids is 1. The SMILES string of the molecule is Cc1cc(C)cc(N(CC(=O)Nc2cccc(C)c2C)S(=O)(=O)c2ccccc2)c1. The topological polar surface area (TPSA) is 66.5 Å². The summed E-state index contributed by atoms with van der Waals surface area (Å²) in [4.78, 5) is 13.0. The molecule has 0 aliphatic carbocycles. The van der Waals surface area contributed by atoms with Crippen molar-refractivity contribution in [2.45, 2.75) is 32.6 Å². The molecule has 0 atom stereocenters. The molecule has 0 spiro atoms. The zero-order valence-electron chi connectivity index (χ0n) is 17.6. The van der Waals surface area contributed by atoms with Gasteiger partial charge in [0.1, 0.15) is 6.54 Å². The Morgan fingerprint density at radius 3 is 2.13 bits per heavy atom. The van der Waals surface area contributed by atoms with E-state index in [4.69, 9.17) is 0 Å². The minimum atomic E-state index is -3.92. The minimum absolute atomic E-state index is 0.142. The molecule has 0 saturated heterocycles. The van der Waals surface area contributed by atoms with Crippen LogP contribution in [0.3, 0.4) is 0 Å². The number of carbonyl (C=O) groups is 1. The zero-order chi connectivity index (χ0) is 21.9. The van der Waals surface area contributed by atoms with Gasteiger partial charge in [-0.3, -0.25) is 9.10 Å². The van der Waals surface area contributed by atoms with Gasteiger partial charge < -0.3 is 5.32 Å². The summed E-state index contributed by atoms with van der Waals surface area (Å²) in [5, 5.41) is 2.86. The monoisotopic (exact) mass is 422 g/mol. The smallest absolute Gasteiger partial charge is 0.264 e. The Kier molecular flexibility index (Phi) is 6.27. The molecule has 0 aromatic heterocycles. The van der Waals surface area contributed by atoms with Gasteiger partial charge in [0.05, 0.1) is 10.6 Å². The van der Waals surface area contributed by atoms with Crippen LogP contribution in [0.1, 0.15) is 22.3 Å². The van der Waals surface area contributed by atoms with E-state index in [-0.39, 0.29) is 11.4 Å². The van der Waals surface area contributed by atoms with Crippen molar-refractivity contribution in [3.63, 3.8) is 0 Å². The summed E-state index contributed by atoms with van der Waals surface area (Å²) in [6.45, 7) is 7.37. The summed E-state index contributed by atoms with van der Waals surface area (Å²) in [6, 6.07) is 19.3. The van der Waals surface area contributed by atoms with Crippen molar-refractivity contribution in [3.8, 4) is 0 Å². The minimum Gasteiger partial charge on any atom is -0.324 e. The molecule has 0 unspecified atom stereocenters. The number of anilines is 2. The maximum absolute atomic E-state index is 13.4. The number of hydrogen-bond donors (Lipinski definition) is 1. The van der Waals surface area contributed by atoms with Crippen LogP contribution in [0.5, 0.6) is 0 Å². The molecular weight excluding hydrogens is 396 g/mol. The van der Waals surface area contributed by atoms with E-state index in [0.717, 1.165) is 22.3 Å². The Morgan fingerprint density at radius 1 is 0.867 bits per heavy atom. The van der Waals surface area contributed by atoms with E-state index >= 15 is 0 Å². The van der Waals surface area contributed by atoms with Crippen LogP contribution >= 0.6 is 0 Å². The molecule has 0 radical (unpaired) electrons. The van der Waals surface area contributed by atoms with Crippen molar-refractivity contribution in [2.75, 3.05) is 16.2 Å². The summed E-state index contributed by atoms with van der Waals surface area (Å²) < 4.78 is 28.0. The molecular formula is C24H26N2O3S. The lowest BCUT2D eigenvalue weighted by Crippen LogP contribution is -2.38. The lowest BCUT2D eigenvalue weighted by molar-refractivity contribution is -0.114. The van der Waals surface area contributed by atoms with Gasteiger partial charge in [-0.15, -0.1) is 0 Å². The van der Waals surface area contributed by atoms with Crippen LogP contribution in [-0.4, -0.2) is 20.9 Å². The summed E-state index contributed by atoms with van der Waals surface area (Å²) >= 11 is 0. The van der Waals surface area contributed by atoms with E-state index < -0.39 is 15.9 Å². The highest BCUT2D eigenvalue weighted by Crippen LogP contribution is 2.26. The molecule has 1 amide bonds. The summed E-state index contributed by atoms with van der Waals surface area (Å²) in [6.07, 6.45) is 0. The Bertz CT molecular complexity index is 1150. The summed E-state index contributed by atoms with van der Waals surface area (Å²) in [7, 11) is -3.92. The van der Waals surface area contributed by atoms with E-state index in [0.29, 0.717) is 11.4 Å². The third-order valence-corrected chi connectivity index (χ3v) is 6.78. The summed E-state index contributed by atoms with van der Waals surface area (Å²) in [5.41, 5.74) is 5.00. The summed E-state index contributed by atoms with van der Waals surface area (Å²) in [5.74, 6) is -0.401. The molecule has 3 aromatic carbocycles. The highest BCUT2D eigenvalue weighted by Gasteiger charge is 2.27. The van der Waals surface area contributed by atoms with Crippen LogP contribution in [0.4, 0.5) is 11.4 Å². The lowest BCUT2D eigenvalue weighted by Gasteiger charge is -2.25. The maximum Gasteiger partial charge on any atom is 0.264 e. The van der Waals surface area contributed by atoms with Gasteiger partial charge in [0.15, 0.2) is 0 Å². The van der Waals surface area contributed by atoms with E-state index in [1.807, 2.05) is 52.0 Å². The van der Waals surface area contributed by atoms with Crippen LogP contribution in [0.25, 0.3) is 0 Å². The molecule has 1 N–H and O–H groups in total. The first-order valence-corrected chi connectivity index (χ1v) is 11.1. The fourth-order valence-corrected chi connectivity index (χ4v) is 4.76. The highest BCUT2D eigenvalue weighted by molar-refractivity contribution is 7.92. The second-order valence-corrected chi connectivity index (χ2v) is 9.33. The number of sulfonamides is 1. The number of aryl methyl sites for hydroxylation is 3. The molecule has 3 rings (SSSR count). The Hall–Kier alpha value is -3.12.